The van der Waals surface area contributed by atoms with Crippen molar-refractivity contribution >= 4 is 5.91 Å². The molecule has 0 bridgehead atoms. The molecule has 0 aliphatic carbocycles. The summed E-state index contributed by atoms with van der Waals surface area (Å²) < 4.78 is 5.39. The Bertz CT molecular complexity index is 424. The lowest BCUT2D eigenvalue weighted by molar-refractivity contribution is -0.120. The number of ether oxygens (including phenoxy) is 1. The van der Waals surface area contributed by atoms with Crippen LogP contribution in [0.15, 0.2) is 24.3 Å². The molecule has 2 N–H and O–H groups in total. The summed E-state index contributed by atoms with van der Waals surface area (Å²) in [7, 11) is 0. The van der Waals surface area contributed by atoms with E-state index in [1.165, 1.54) is 0 Å². The maximum atomic E-state index is 11.4. The van der Waals surface area contributed by atoms with E-state index in [0.717, 1.165) is 11.3 Å². The van der Waals surface area contributed by atoms with E-state index >= 15 is 0 Å². The molecule has 0 unspecified atom stereocenters. The zero-order chi connectivity index (χ0) is 13.2. The second-order valence-electron chi connectivity index (χ2n) is 3.66. The number of nitrogens with one attached hydrogen (secondary N) is 2. The molecule has 4 nitrogen and oxygen atoms in total. The van der Waals surface area contributed by atoms with Crippen molar-refractivity contribution in [3.63, 3.8) is 0 Å². The van der Waals surface area contributed by atoms with Crippen molar-refractivity contribution in [1.29, 1.82) is 0 Å². The Morgan fingerprint density at radius 3 is 3.06 bits per heavy atom. The summed E-state index contributed by atoms with van der Waals surface area (Å²) in [6, 6.07) is 7.66. The molecule has 0 heterocycles. The Hall–Kier alpha value is -1.99. The molecule has 0 spiro atoms. The van der Waals surface area contributed by atoms with Crippen LogP contribution in [0.25, 0.3) is 0 Å². The van der Waals surface area contributed by atoms with E-state index in [2.05, 4.69) is 16.6 Å². The Kier molecular flexibility index (Phi) is 6.37. The number of benzene rings is 1. The fourth-order valence-corrected chi connectivity index (χ4v) is 1.42. The van der Waals surface area contributed by atoms with Gasteiger partial charge in [-0.25, -0.2) is 0 Å². The molecule has 0 fully saturated rings. The predicted molar refractivity (Wildman–Crippen MR) is 71.2 cm³/mol. The SMILES string of the molecule is C#CCNCC(=O)NCc1cccc(OCC)c1. The first kappa shape index (κ1) is 14.1. The predicted octanol–water partition coefficient (Wildman–Crippen LogP) is 0.924. The first-order valence-electron chi connectivity index (χ1n) is 5.89. The maximum Gasteiger partial charge on any atom is 0.234 e. The molecule has 0 atom stereocenters. The van der Waals surface area contributed by atoms with Crippen LogP contribution in [0.2, 0.25) is 0 Å². The molecule has 1 aromatic rings. The third-order valence-electron chi connectivity index (χ3n) is 2.21. The summed E-state index contributed by atoms with van der Waals surface area (Å²) in [6.07, 6.45) is 5.07. The molecule has 0 aliphatic heterocycles. The van der Waals surface area contributed by atoms with Gasteiger partial charge in [-0.1, -0.05) is 18.1 Å². The first-order valence-corrected chi connectivity index (χ1v) is 5.89. The zero-order valence-corrected chi connectivity index (χ0v) is 10.5. The summed E-state index contributed by atoms with van der Waals surface area (Å²) in [5.74, 6) is 3.15. The minimum absolute atomic E-state index is 0.0768. The topological polar surface area (TPSA) is 50.4 Å². The van der Waals surface area contributed by atoms with Gasteiger partial charge < -0.3 is 10.1 Å². The van der Waals surface area contributed by atoms with Crippen LogP contribution in [0.1, 0.15) is 12.5 Å². The third-order valence-corrected chi connectivity index (χ3v) is 2.21. The van der Waals surface area contributed by atoms with Gasteiger partial charge in [0.15, 0.2) is 0 Å². The fraction of sp³-hybridized carbons (Fsp3) is 0.357. The highest BCUT2D eigenvalue weighted by atomic mass is 16.5. The van der Waals surface area contributed by atoms with Gasteiger partial charge in [0.05, 0.1) is 19.7 Å². The maximum absolute atomic E-state index is 11.4. The molecule has 0 aromatic heterocycles. The minimum atomic E-state index is -0.0768. The summed E-state index contributed by atoms with van der Waals surface area (Å²) in [4.78, 5) is 11.4. The van der Waals surface area contributed by atoms with E-state index in [4.69, 9.17) is 11.2 Å². The monoisotopic (exact) mass is 246 g/mol. The van der Waals surface area contributed by atoms with Crippen molar-refractivity contribution in [2.45, 2.75) is 13.5 Å². The van der Waals surface area contributed by atoms with E-state index in [9.17, 15) is 4.79 Å². The van der Waals surface area contributed by atoms with Gasteiger partial charge in [0.1, 0.15) is 5.75 Å². The van der Waals surface area contributed by atoms with Crippen LogP contribution in [0.4, 0.5) is 0 Å². The van der Waals surface area contributed by atoms with Gasteiger partial charge in [-0.3, -0.25) is 10.1 Å². The van der Waals surface area contributed by atoms with Crippen LogP contribution < -0.4 is 15.4 Å². The van der Waals surface area contributed by atoms with Crippen LogP contribution in [-0.4, -0.2) is 25.6 Å². The largest absolute Gasteiger partial charge is 0.494 e. The Labute approximate surface area is 108 Å². The van der Waals surface area contributed by atoms with Gasteiger partial charge in [-0.05, 0) is 24.6 Å². The van der Waals surface area contributed by atoms with Crippen molar-refractivity contribution < 1.29 is 9.53 Å². The van der Waals surface area contributed by atoms with E-state index in [1.54, 1.807) is 0 Å². The van der Waals surface area contributed by atoms with Gasteiger partial charge in [0, 0.05) is 6.54 Å². The standard InChI is InChI=1S/C14H18N2O2/c1-3-8-15-11-14(17)16-10-12-6-5-7-13(9-12)18-4-2/h1,5-7,9,15H,4,8,10-11H2,2H3,(H,16,17). The van der Waals surface area contributed by atoms with Gasteiger partial charge >= 0.3 is 0 Å². The summed E-state index contributed by atoms with van der Waals surface area (Å²) in [6.45, 7) is 3.68. The van der Waals surface area contributed by atoms with Crippen LogP contribution in [0.5, 0.6) is 5.75 Å². The fourth-order valence-electron chi connectivity index (χ4n) is 1.42. The summed E-state index contributed by atoms with van der Waals surface area (Å²) in [5.41, 5.74) is 1.01. The number of hydrogen-bond donors (Lipinski definition) is 2. The van der Waals surface area contributed by atoms with Crippen molar-refractivity contribution in [3.8, 4) is 18.1 Å². The molecular formula is C14H18N2O2. The molecule has 4 heteroatoms. The Morgan fingerprint density at radius 1 is 1.50 bits per heavy atom. The van der Waals surface area contributed by atoms with Gasteiger partial charge in [-0.2, -0.15) is 0 Å². The minimum Gasteiger partial charge on any atom is -0.494 e. The molecule has 0 saturated carbocycles. The zero-order valence-electron chi connectivity index (χ0n) is 10.5. The molecule has 0 aliphatic rings. The van der Waals surface area contributed by atoms with E-state index in [0.29, 0.717) is 19.7 Å². The number of terminal acetylenes is 1. The van der Waals surface area contributed by atoms with Crippen LogP contribution in [-0.2, 0) is 11.3 Å². The Balaban J connectivity index is 2.36. The molecule has 1 aromatic carbocycles. The molecule has 1 amide bonds. The average molecular weight is 246 g/mol. The molecule has 0 saturated heterocycles. The van der Waals surface area contributed by atoms with Gasteiger partial charge in [0.25, 0.3) is 0 Å². The van der Waals surface area contributed by atoms with Crippen molar-refractivity contribution in [3.05, 3.63) is 29.8 Å². The van der Waals surface area contributed by atoms with Gasteiger partial charge in [-0.15, -0.1) is 6.42 Å². The van der Waals surface area contributed by atoms with Crippen molar-refractivity contribution in [2.24, 2.45) is 0 Å². The first-order chi connectivity index (χ1) is 8.76. The van der Waals surface area contributed by atoms with E-state index in [1.807, 2.05) is 31.2 Å². The van der Waals surface area contributed by atoms with Crippen LogP contribution in [0.3, 0.4) is 0 Å². The van der Waals surface area contributed by atoms with Crippen molar-refractivity contribution in [2.75, 3.05) is 19.7 Å². The lowest BCUT2D eigenvalue weighted by Crippen LogP contribution is -2.33. The Morgan fingerprint density at radius 2 is 2.33 bits per heavy atom. The summed E-state index contributed by atoms with van der Waals surface area (Å²) >= 11 is 0. The van der Waals surface area contributed by atoms with Gasteiger partial charge in [0.2, 0.25) is 5.91 Å². The third kappa shape index (κ3) is 5.37. The molecule has 18 heavy (non-hydrogen) atoms. The van der Waals surface area contributed by atoms with Crippen LogP contribution in [0, 0.1) is 12.3 Å². The number of carbonyl (C=O) groups excluding carboxylic acids is 1. The summed E-state index contributed by atoms with van der Waals surface area (Å²) in [5, 5.41) is 5.63. The van der Waals surface area contributed by atoms with Crippen molar-refractivity contribution in [1.82, 2.24) is 10.6 Å². The number of carbonyl (C=O) groups is 1. The normalized spacial score (nSPS) is 9.56. The van der Waals surface area contributed by atoms with E-state index < -0.39 is 0 Å². The second-order valence-corrected chi connectivity index (χ2v) is 3.66. The molecule has 1 rings (SSSR count). The smallest absolute Gasteiger partial charge is 0.234 e. The highest BCUT2D eigenvalue weighted by Gasteiger charge is 2.01. The highest BCUT2D eigenvalue weighted by Crippen LogP contribution is 2.12. The average Bonchev–Trinajstić information content (AvgIpc) is 2.38. The number of rotatable bonds is 7. The lowest BCUT2D eigenvalue weighted by atomic mass is 10.2. The quantitative estimate of drug-likeness (QED) is 0.556. The lowest BCUT2D eigenvalue weighted by Gasteiger charge is -2.08. The second kappa shape index (κ2) is 8.15. The molecule has 0 radical (unpaired) electrons. The van der Waals surface area contributed by atoms with E-state index in [-0.39, 0.29) is 12.5 Å². The number of hydrogen-bond acceptors (Lipinski definition) is 3. The molecular weight excluding hydrogens is 228 g/mol. The number of amides is 1. The molecule has 96 valence electrons. The van der Waals surface area contributed by atoms with Crippen LogP contribution >= 0.6 is 0 Å². The highest BCUT2D eigenvalue weighted by molar-refractivity contribution is 5.78.